The normalized spacial score (nSPS) is 11.0. The Balaban J connectivity index is 1.52. The molecule has 6 nitrogen and oxygen atoms in total. The topological polar surface area (TPSA) is 73.9 Å². The van der Waals surface area contributed by atoms with Crippen molar-refractivity contribution in [2.45, 2.75) is 13.5 Å². The number of rotatable bonds is 4. The van der Waals surface area contributed by atoms with Gasteiger partial charge in [-0.1, -0.05) is 35.0 Å². The second kappa shape index (κ2) is 5.77. The first-order valence-electron chi connectivity index (χ1n) is 7.00. The van der Waals surface area contributed by atoms with Crippen molar-refractivity contribution in [2.24, 2.45) is 0 Å². The second-order valence-corrected chi connectivity index (χ2v) is 5.88. The van der Waals surface area contributed by atoms with Gasteiger partial charge in [-0.3, -0.25) is 0 Å². The third kappa shape index (κ3) is 2.78. The first kappa shape index (κ1) is 13.8. The fourth-order valence-electron chi connectivity index (χ4n) is 2.15. The molecule has 0 aliphatic rings. The molecule has 0 bridgehead atoms. The van der Waals surface area contributed by atoms with Crippen LogP contribution < -0.4 is 4.74 Å². The highest BCUT2D eigenvalue weighted by Gasteiger charge is 2.11. The minimum Gasteiger partial charge on any atom is -0.467 e. The summed E-state index contributed by atoms with van der Waals surface area (Å²) in [6.45, 7) is 2.20. The molecule has 0 aliphatic heterocycles. The number of hydrogen-bond donors (Lipinski definition) is 0. The summed E-state index contributed by atoms with van der Waals surface area (Å²) in [6.07, 6.45) is 1.49. The number of benzene rings is 1. The third-order valence-corrected chi connectivity index (χ3v) is 4.16. The smallest absolute Gasteiger partial charge is 0.264 e. The van der Waals surface area contributed by atoms with Gasteiger partial charge in [0.05, 0.1) is 5.39 Å². The number of thiophene rings is 1. The Morgan fingerprint density at radius 1 is 1.13 bits per heavy atom. The lowest BCUT2D eigenvalue weighted by Gasteiger charge is -2.02. The van der Waals surface area contributed by atoms with Crippen LogP contribution in [0.4, 0.5) is 0 Å². The molecule has 0 amide bonds. The van der Waals surface area contributed by atoms with Crippen LogP contribution >= 0.6 is 11.3 Å². The van der Waals surface area contributed by atoms with E-state index in [4.69, 9.17) is 9.26 Å². The van der Waals surface area contributed by atoms with Crippen molar-refractivity contribution in [1.82, 2.24) is 20.1 Å². The van der Waals surface area contributed by atoms with Gasteiger partial charge in [0.2, 0.25) is 11.7 Å². The molecule has 3 heterocycles. The van der Waals surface area contributed by atoms with E-state index in [0.717, 1.165) is 15.8 Å². The zero-order chi connectivity index (χ0) is 15.6. The summed E-state index contributed by atoms with van der Waals surface area (Å²) in [7, 11) is 0. The maximum atomic E-state index is 5.69. The standard InChI is InChI=1S/C16H12N4O2S/c1-10-2-4-11(5-3-10)14-19-13(22-20-14)8-21-15-12-6-7-23-16(12)18-9-17-15/h2-7,9H,8H2,1H3. The van der Waals surface area contributed by atoms with Crippen molar-refractivity contribution in [1.29, 1.82) is 0 Å². The summed E-state index contributed by atoms with van der Waals surface area (Å²) < 4.78 is 10.9. The lowest BCUT2D eigenvalue weighted by atomic mass is 10.1. The number of fused-ring (bicyclic) bond motifs is 1. The van der Waals surface area contributed by atoms with E-state index in [-0.39, 0.29) is 6.61 Å². The SMILES string of the molecule is Cc1ccc(-c2noc(COc3ncnc4sccc34)n2)cc1. The number of ether oxygens (including phenoxy) is 1. The molecule has 0 aliphatic carbocycles. The predicted molar refractivity (Wildman–Crippen MR) is 86.2 cm³/mol. The van der Waals surface area contributed by atoms with Crippen LogP contribution in [-0.4, -0.2) is 20.1 Å². The van der Waals surface area contributed by atoms with Gasteiger partial charge in [-0.25, -0.2) is 9.97 Å². The fourth-order valence-corrected chi connectivity index (χ4v) is 2.87. The Hall–Kier alpha value is -2.80. The molecule has 4 aromatic rings. The van der Waals surface area contributed by atoms with Gasteiger partial charge in [-0.2, -0.15) is 4.98 Å². The molecular weight excluding hydrogens is 312 g/mol. The summed E-state index contributed by atoms with van der Waals surface area (Å²) in [5, 5.41) is 6.82. The van der Waals surface area contributed by atoms with Gasteiger partial charge >= 0.3 is 0 Å². The van der Waals surface area contributed by atoms with Gasteiger partial charge in [-0.15, -0.1) is 11.3 Å². The third-order valence-electron chi connectivity index (χ3n) is 3.34. The van der Waals surface area contributed by atoms with Gasteiger partial charge in [0, 0.05) is 5.56 Å². The zero-order valence-electron chi connectivity index (χ0n) is 12.3. The molecule has 0 saturated carbocycles. The largest absolute Gasteiger partial charge is 0.467 e. The van der Waals surface area contributed by atoms with Crippen LogP contribution in [0, 0.1) is 6.92 Å². The first-order chi connectivity index (χ1) is 11.3. The molecule has 0 atom stereocenters. The Bertz CT molecular complexity index is 946. The summed E-state index contributed by atoms with van der Waals surface area (Å²) in [6, 6.07) is 9.88. The Morgan fingerprint density at radius 2 is 2.00 bits per heavy atom. The highest BCUT2D eigenvalue weighted by Crippen LogP contribution is 2.26. The molecule has 0 radical (unpaired) electrons. The van der Waals surface area contributed by atoms with Gasteiger partial charge in [0.15, 0.2) is 6.61 Å². The summed E-state index contributed by atoms with van der Waals surface area (Å²) in [5.41, 5.74) is 2.09. The molecule has 23 heavy (non-hydrogen) atoms. The van der Waals surface area contributed by atoms with Crippen LogP contribution in [0.1, 0.15) is 11.5 Å². The lowest BCUT2D eigenvalue weighted by Crippen LogP contribution is -1.98. The van der Waals surface area contributed by atoms with Crippen molar-refractivity contribution >= 4 is 21.6 Å². The average Bonchev–Trinajstić information content (AvgIpc) is 3.23. The highest BCUT2D eigenvalue weighted by molar-refractivity contribution is 7.16. The number of nitrogens with zero attached hydrogens (tertiary/aromatic N) is 4. The van der Waals surface area contributed by atoms with E-state index in [2.05, 4.69) is 20.1 Å². The molecule has 0 unspecified atom stereocenters. The number of aromatic nitrogens is 4. The molecule has 4 rings (SSSR count). The van der Waals surface area contributed by atoms with Gasteiger partial charge < -0.3 is 9.26 Å². The summed E-state index contributed by atoms with van der Waals surface area (Å²) in [4.78, 5) is 13.6. The summed E-state index contributed by atoms with van der Waals surface area (Å²) >= 11 is 1.54. The van der Waals surface area contributed by atoms with Crippen molar-refractivity contribution in [3.8, 4) is 17.3 Å². The Kier molecular flexibility index (Phi) is 3.47. The zero-order valence-corrected chi connectivity index (χ0v) is 13.1. The maximum absolute atomic E-state index is 5.69. The van der Waals surface area contributed by atoms with Crippen molar-refractivity contribution < 1.29 is 9.26 Å². The van der Waals surface area contributed by atoms with Crippen LogP contribution in [-0.2, 0) is 6.61 Å². The van der Waals surface area contributed by atoms with Crippen molar-refractivity contribution in [3.63, 3.8) is 0 Å². The quantitative estimate of drug-likeness (QED) is 0.571. The van der Waals surface area contributed by atoms with Gasteiger partial charge in [0.1, 0.15) is 11.2 Å². The minimum atomic E-state index is 0.167. The van der Waals surface area contributed by atoms with E-state index >= 15 is 0 Å². The molecule has 7 heteroatoms. The maximum Gasteiger partial charge on any atom is 0.264 e. The summed E-state index contributed by atoms with van der Waals surface area (Å²) in [5.74, 6) is 1.47. The van der Waals surface area contributed by atoms with Crippen LogP contribution in [0.5, 0.6) is 5.88 Å². The number of hydrogen-bond acceptors (Lipinski definition) is 7. The van der Waals surface area contributed by atoms with E-state index in [1.54, 1.807) is 11.3 Å². The lowest BCUT2D eigenvalue weighted by molar-refractivity contribution is 0.238. The fraction of sp³-hybridized carbons (Fsp3) is 0.125. The van der Waals surface area contributed by atoms with E-state index in [0.29, 0.717) is 17.6 Å². The monoisotopic (exact) mass is 324 g/mol. The average molecular weight is 324 g/mol. The van der Waals surface area contributed by atoms with Crippen LogP contribution in [0.25, 0.3) is 21.6 Å². The molecule has 1 aromatic carbocycles. The van der Waals surface area contributed by atoms with Crippen LogP contribution in [0.3, 0.4) is 0 Å². The molecule has 3 aromatic heterocycles. The van der Waals surface area contributed by atoms with Crippen molar-refractivity contribution in [2.75, 3.05) is 0 Å². The highest BCUT2D eigenvalue weighted by atomic mass is 32.1. The van der Waals surface area contributed by atoms with Crippen molar-refractivity contribution in [3.05, 3.63) is 53.5 Å². The minimum absolute atomic E-state index is 0.167. The van der Waals surface area contributed by atoms with Crippen LogP contribution in [0.15, 0.2) is 46.6 Å². The molecule has 0 spiro atoms. The van der Waals surface area contributed by atoms with E-state index in [9.17, 15) is 0 Å². The van der Waals surface area contributed by atoms with Gasteiger partial charge in [0.25, 0.3) is 5.89 Å². The van der Waals surface area contributed by atoms with Gasteiger partial charge in [-0.05, 0) is 18.4 Å². The first-order valence-corrected chi connectivity index (χ1v) is 7.88. The molecule has 0 saturated heterocycles. The molecule has 0 N–H and O–H groups in total. The van der Waals surface area contributed by atoms with E-state index in [1.165, 1.54) is 11.9 Å². The number of aryl methyl sites for hydroxylation is 1. The Labute approximate surface area is 135 Å². The van der Waals surface area contributed by atoms with E-state index in [1.807, 2.05) is 42.6 Å². The van der Waals surface area contributed by atoms with Crippen LogP contribution in [0.2, 0.25) is 0 Å². The molecular formula is C16H12N4O2S. The molecule has 114 valence electrons. The van der Waals surface area contributed by atoms with E-state index < -0.39 is 0 Å². The molecule has 0 fully saturated rings. The Morgan fingerprint density at radius 3 is 2.87 bits per heavy atom. The predicted octanol–water partition coefficient (Wildman–Crippen LogP) is 3.63. The second-order valence-electron chi connectivity index (χ2n) is 4.98.